The molecule has 3 saturated heterocycles. The first-order valence-corrected chi connectivity index (χ1v) is 9.55. The number of carbonyl (C=O) groups excluding carboxylic acids is 2. The third kappa shape index (κ3) is 3.93. The number of fused-ring (bicyclic) bond motifs is 4. The van der Waals surface area contributed by atoms with Crippen LogP contribution in [0.2, 0.25) is 0 Å². The second-order valence-electron chi connectivity index (χ2n) is 7.35. The molecule has 3 aliphatic rings. The van der Waals surface area contributed by atoms with E-state index in [1.807, 2.05) is 49.5 Å². The molecule has 4 heterocycles. The Morgan fingerprint density at radius 1 is 1.18 bits per heavy atom. The average molecular weight is 380 g/mol. The molecule has 1 N–H and O–H groups in total. The zero-order chi connectivity index (χ0) is 19.5. The highest BCUT2D eigenvalue weighted by Crippen LogP contribution is 2.28. The molecule has 28 heavy (non-hydrogen) atoms. The lowest BCUT2D eigenvalue weighted by Crippen LogP contribution is -2.45. The summed E-state index contributed by atoms with van der Waals surface area (Å²) in [5.41, 5.74) is 1.56. The predicted octanol–water partition coefficient (Wildman–Crippen LogP) is 2.75. The van der Waals surface area contributed by atoms with Crippen LogP contribution < -0.4 is 10.1 Å². The van der Waals surface area contributed by atoms with E-state index in [1.165, 1.54) is 0 Å². The number of hydrogen-bond donors (Lipinski definition) is 1. The third-order valence-corrected chi connectivity index (χ3v) is 5.47. The molecule has 3 amide bonds. The number of anilines is 1. The van der Waals surface area contributed by atoms with Gasteiger partial charge in [-0.25, -0.2) is 4.79 Å². The highest BCUT2D eigenvalue weighted by molar-refractivity contribution is 5.90. The number of urea groups is 1. The first-order valence-electron chi connectivity index (χ1n) is 9.55. The lowest BCUT2D eigenvalue weighted by atomic mass is 9.95. The Morgan fingerprint density at radius 3 is 2.75 bits per heavy atom. The van der Waals surface area contributed by atoms with E-state index in [1.54, 1.807) is 16.0 Å². The second kappa shape index (κ2) is 7.88. The summed E-state index contributed by atoms with van der Waals surface area (Å²) in [5, 5.41) is 2.93. The first kappa shape index (κ1) is 18.3. The van der Waals surface area contributed by atoms with Crippen molar-refractivity contribution in [1.29, 1.82) is 0 Å². The van der Waals surface area contributed by atoms with Gasteiger partial charge in [0.25, 0.3) is 0 Å². The fourth-order valence-corrected chi connectivity index (χ4v) is 3.80. The summed E-state index contributed by atoms with van der Waals surface area (Å²) in [4.78, 5) is 32.8. The lowest BCUT2D eigenvalue weighted by Gasteiger charge is -2.32. The minimum absolute atomic E-state index is 0.0862. The average Bonchev–Trinajstić information content (AvgIpc) is 3.01. The molecular weight excluding hydrogens is 356 g/mol. The van der Waals surface area contributed by atoms with Crippen molar-refractivity contribution in [2.45, 2.75) is 25.5 Å². The van der Waals surface area contributed by atoms with Crippen LogP contribution in [-0.4, -0.2) is 52.9 Å². The molecule has 0 radical (unpaired) electrons. The molecule has 1 aromatic carbocycles. The van der Waals surface area contributed by atoms with Crippen molar-refractivity contribution in [3.05, 3.63) is 54.4 Å². The molecule has 0 spiro atoms. The third-order valence-electron chi connectivity index (χ3n) is 5.47. The number of benzene rings is 1. The van der Waals surface area contributed by atoms with Gasteiger partial charge in [-0.05, 0) is 49.2 Å². The summed E-state index contributed by atoms with van der Waals surface area (Å²) >= 11 is 0. The molecule has 1 aromatic heterocycles. The Balaban J connectivity index is 1.34. The van der Waals surface area contributed by atoms with Crippen LogP contribution in [0, 0.1) is 5.92 Å². The standard InChI is InChI=1S/C21H24N4O3/c1-24-18-8-5-15(20(24)26)12-25(13-18)21(27)23-16-6-9-19(10-7-16)28-14-17-4-2-3-11-22-17/h2-4,6-7,9-11,15,18H,5,8,12-14H2,1H3,(H,23,27). The number of aromatic nitrogens is 1. The van der Waals surface area contributed by atoms with Crippen LogP contribution in [0.1, 0.15) is 18.5 Å². The molecule has 146 valence electrons. The summed E-state index contributed by atoms with van der Waals surface area (Å²) in [5.74, 6) is 0.779. The maximum absolute atomic E-state index is 12.7. The van der Waals surface area contributed by atoms with Gasteiger partial charge in [0.05, 0.1) is 11.6 Å². The van der Waals surface area contributed by atoms with Gasteiger partial charge >= 0.3 is 6.03 Å². The highest BCUT2D eigenvalue weighted by atomic mass is 16.5. The summed E-state index contributed by atoms with van der Waals surface area (Å²) in [6, 6.07) is 12.9. The Kier molecular flexibility index (Phi) is 5.14. The monoisotopic (exact) mass is 380 g/mol. The number of ether oxygens (including phenoxy) is 1. The molecule has 2 bridgehead atoms. The van der Waals surface area contributed by atoms with Gasteiger partial charge in [0, 0.05) is 38.1 Å². The van der Waals surface area contributed by atoms with E-state index in [0.29, 0.717) is 31.1 Å². The zero-order valence-electron chi connectivity index (χ0n) is 15.9. The number of nitrogens with one attached hydrogen (secondary N) is 1. The number of amides is 3. The fourth-order valence-electron chi connectivity index (χ4n) is 3.80. The van der Waals surface area contributed by atoms with Crippen LogP contribution in [0.5, 0.6) is 5.75 Å². The lowest BCUT2D eigenvalue weighted by molar-refractivity contribution is -0.138. The van der Waals surface area contributed by atoms with Gasteiger partial charge in [0.1, 0.15) is 12.4 Å². The van der Waals surface area contributed by atoms with Crippen LogP contribution in [0.15, 0.2) is 48.7 Å². The van der Waals surface area contributed by atoms with E-state index in [2.05, 4.69) is 10.3 Å². The molecule has 7 nitrogen and oxygen atoms in total. The fraction of sp³-hybridized carbons (Fsp3) is 0.381. The van der Waals surface area contributed by atoms with Gasteiger partial charge in [-0.1, -0.05) is 6.07 Å². The minimum Gasteiger partial charge on any atom is -0.487 e. The van der Waals surface area contributed by atoms with Gasteiger partial charge in [0.2, 0.25) is 5.91 Å². The smallest absolute Gasteiger partial charge is 0.321 e. The van der Waals surface area contributed by atoms with E-state index >= 15 is 0 Å². The molecule has 2 unspecified atom stereocenters. The summed E-state index contributed by atoms with van der Waals surface area (Å²) < 4.78 is 5.72. The van der Waals surface area contributed by atoms with E-state index in [-0.39, 0.29) is 23.9 Å². The van der Waals surface area contributed by atoms with Crippen molar-refractivity contribution in [2.24, 2.45) is 5.92 Å². The SMILES string of the molecule is CN1C(=O)C2CCC1CN(C(=O)Nc1ccc(OCc3ccccn3)cc1)C2. The molecule has 5 rings (SSSR count). The Hall–Kier alpha value is -3.09. The van der Waals surface area contributed by atoms with Gasteiger partial charge in [-0.3, -0.25) is 9.78 Å². The zero-order valence-corrected chi connectivity index (χ0v) is 15.9. The minimum atomic E-state index is -0.165. The Bertz CT molecular complexity index is 840. The van der Waals surface area contributed by atoms with Crippen LogP contribution in [0.3, 0.4) is 0 Å². The largest absolute Gasteiger partial charge is 0.487 e. The second-order valence-corrected chi connectivity index (χ2v) is 7.35. The molecule has 3 fully saturated rings. The van der Waals surface area contributed by atoms with Crippen molar-refractivity contribution < 1.29 is 14.3 Å². The first-order chi connectivity index (χ1) is 13.6. The maximum atomic E-state index is 12.7. The number of hydrogen-bond acceptors (Lipinski definition) is 4. The molecule has 2 aromatic rings. The number of carbonyl (C=O) groups is 2. The Labute approximate surface area is 164 Å². The van der Waals surface area contributed by atoms with E-state index in [0.717, 1.165) is 18.5 Å². The van der Waals surface area contributed by atoms with Crippen LogP contribution in [-0.2, 0) is 11.4 Å². The van der Waals surface area contributed by atoms with Crippen molar-refractivity contribution >= 4 is 17.6 Å². The number of likely N-dealkylation sites (N-methyl/N-ethyl adjacent to an activating group) is 1. The molecule has 3 aliphatic heterocycles. The number of nitrogens with zero attached hydrogens (tertiary/aromatic N) is 3. The highest BCUT2D eigenvalue weighted by Gasteiger charge is 2.40. The number of piperidine rings is 1. The normalized spacial score (nSPS) is 21.4. The van der Waals surface area contributed by atoms with Gasteiger partial charge < -0.3 is 19.9 Å². The van der Waals surface area contributed by atoms with Gasteiger partial charge in [-0.2, -0.15) is 0 Å². The van der Waals surface area contributed by atoms with Gasteiger partial charge in [0.15, 0.2) is 0 Å². The van der Waals surface area contributed by atoms with E-state index in [9.17, 15) is 9.59 Å². The topological polar surface area (TPSA) is 74.8 Å². The molecule has 0 saturated carbocycles. The Morgan fingerprint density at radius 2 is 2.00 bits per heavy atom. The van der Waals surface area contributed by atoms with Crippen LogP contribution in [0.25, 0.3) is 0 Å². The summed E-state index contributed by atoms with van der Waals surface area (Å²) in [6.07, 6.45) is 3.55. The molecular formula is C21H24N4O3. The van der Waals surface area contributed by atoms with E-state index < -0.39 is 0 Å². The van der Waals surface area contributed by atoms with Crippen molar-refractivity contribution in [1.82, 2.24) is 14.8 Å². The number of rotatable bonds is 4. The van der Waals surface area contributed by atoms with Gasteiger partial charge in [-0.15, -0.1) is 0 Å². The predicted molar refractivity (Wildman–Crippen MR) is 105 cm³/mol. The van der Waals surface area contributed by atoms with Crippen molar-refractivity contribution in [3.63, 3.8) is 0 Å². The van der Waals surface area contributed by atoms with Crippen molar-refractivity contribution in [2.75, 3.05) is 25.5 Å². The van der Waals surface area contributed by atoms with Crippen LogP contribution >= 0.6 is 0 Å². The molecule has 0 aliphatic carbocycles. The molecule has 2 atom stereocenters. The van der Waals surface area contributed by atoms with E-state index in [4.69, 9.17) is 4.74 Å². The maximum Gasteiger partial charge on any atom is 0.321 e. The number of pyridine rings is 1. The summed E-state index contributed by atoms with van der Waals surface area (Å²) in [7, 11) is 1.84. The van der Waals surface area contributed by atoms with Crippen molar-refractivity contribution in [3.8, 4) is 5.75 Å². The quantitative estimate of drug-likeness (QED) is 0.885. The molecule has 7 heteroatoms. The van der Waals surface area contributed by atoms with Crippen LogP contribution in [0.4, 0.5) is 10.5 Å². The summed E-state index contributed by atoms with van der Waals surface area (Å²) in [6.45, 7) is 1.46.